The number of aliphatic carboxylic acids is 1. The monoisotopic (exact) mass is 293 g/mol. The molecule has 7 nitrogen and oxygen atoms in total. The number of carboxylic acids is 1. The summed E-state index contributed by atoms with van der Waals surface area (Å²) < 4.78 is 0. The summed E-state index contributed by atoms with van der Waals surface area (Å²) >= 11 is 0. The topological polar surface area (TPSA) is 108 Å². The smallest absolute Gasteiger partial charge is 0.325 e. The van der Waals surface area contributed by atoms with Crippen LogP contribution in [0.3, 0.4) is 0 Å². The van der Waals surface area contributed by atoms with Crippen molar-refractivity contribution in [2.24, 2.45) is 0 Å². The minimum absolute atomic E-state index is 0.392. The molecule has 0 radical (unpaired) electrons. The zero-order valence-corrected chi connectivity index (χ0v) is 11.9. The minimum Gasteiger partial charge on any atom is -0.480 e. The zero-order chi connectivity index (χ0) is 15.8. The van der Waals surface area contributed by atoms with Gasteiger partial charge < -0.3 is 10.4 Å². The summed E-state index contributed by atoms with van der Waals surface area (Å²) in [5.41, 5.74) is 0.530. The molecule has 0 saturated carbocycles. The minimum atomic E-state index is -1.10. The highest BCUT2D eigenvalue weighted by Crippen LogP contribution is 2.13. The average Bonchev–Trinajstić information content (AvgIpc) is 2.45. The van der Waals surface area contributed by atoms with Crippen LogP contribution in [0.4, 0.5) is 4.79 Å². The Morgan fingerprint density at radius 2 is 1.81 bits per heavy atom. The quantitative estimate of drug-likeness (QED) is 0.615. The summed E-state index contributed by atoms with van der Waals surface area (Å²) in [6, 6.07) is 6.03. The lowest BCUT2D eigenvalue weighted by Crippen LogP contribution is -2.49. The summed E-state index contributed by atoms with van der Waals surface area (Å²) in [7, 11) is 0. The Hall–Kier alpha value is -2.41. The average molecular weight is 293 g/mol. The Labute approximate surface area is 122 Å². The van der Waals surface area contributed by atoms with Crippen molar-refractivity contribution in [3.8, 4) is 0 Å². The van der Waals surface area contributed by atoms with Crippen molar-refractivity contribution < 1.29 is 19.5 Å². The molecular formula is C14H19N3O4. The van der Waals surface area contributed by atoms with Crippen LogP contribution in [0.5, 0.6) is 0 Å². The third-order valence-electron chi connectivity index (χ3n) is 2.76. The van der Waals surface area contributed by atoms with Crippen molar-refractivity contribution >= 4 is 17.9 Å². The van der Waals surface area contributed by atoms with E-state index in [0.29, 0.717) is 12.1 Å². The van der Waals surface area contributed by atoms with Crippen molar-refractivity contribution in [3.05, 3.63) is 35.9 Å². The van der Waals surface area contributed by atoms with Gasteiger partial charge in [0.15, 0.2) is 0 Å². The van der Waals surface area contributed by atoms with Gasteiger partial charge in [-0.2, -0.15) is 0 Å². The van der Waals surface area contributed by atoms with Gasteiger partial charge in [0.25, 0.3) is 0 Å². The molecule has 0 saturated heterocycles. The van der Waals surface area contributed by atoms with Crippen LogP contribution in [-0.2, 0) is 9.59 Å². The van der Waals surface area contributed by atoms with Crippen LogP contribution in [0.15, 0.2) is 30.3 Å². The van der Waals surface area contributed by atoms with Crippen LogP contribution in [0.1, 0.15) is 25.5 Å². The Morgan fingerprint density at radius 3 is 2.33 bits per heavy atom. The highest BCUT2D eigenvalue weighted by atomic mass is 16.4. The van der Waals surface area contributed by atoms with Crippen molar-refractivity contribution in [3.63, 3.8) is 0 Å². The fourth-order valence-electron chi connectivity index (χ4n) is 1.71. The van der Waals surface area contributed by atoms with E-state index >= 15 is 0 Å². The molecule has 0 bridgehead atoms. The van der Waals surface area contributed by atoms with Crippen molar-refractivity contribution in [1.82, 2.24) is 16.0 Å². The molecule has 0 aliphatic heterocycles. The first kappa shape index (κ1) is 16.6. The maximum Gasteiger partial charge on any atom is 0.325 e. The number of amides is 3. The molecule has 114 valence electrons. The van der Waals surface area contributed by atoms with E-state index in [1.54, 1.807) is 37.3 Å². The van der Waals surface area contributed by atoms with Crippen LogP contribution >= 0.6 is 0 Å². The second-order valence-electron chi connectivity index (χ2n) is 4.42. The molecule has 1 aromatic rings. The molecule has 3 amide bonds. The van der Waals surface area contributed by atoms with E-state index in [-0.39, 0.29) is 0 Å². The first-order valence-corrected chi connectivity index (χ1v) is 6.58. The van der Waals surface area contributed by atoms with Crippen molar-refractivity contribution in [2.45, 2.75) is 25.9 Å². The molecule has 21 heavy (non-hydrogen) atoms. The van der Waals surface area contributed by atoms with Gasteiger partial charge in [0, 0.05) is 6.54 Å². The Bertz CT molecular complexity index is 504. The van der Waals surface area contributed by atoms with E-state index in [4.69, 9.17) is 0 Å². The summed E-state index contributed by atoms with van der Waals surface area (Å²) in [4.78, 5) is 34.4. The molecule has 0 aliphatic rings. The van der Waals surface area contributed by atoms with Gasteiger partial charge in [-0.05, 0) is 19.4 Å². The second-order valence-corrected chi connectivity index (χ2v) is 4.42. The third kappa shape index (κ3) is 5.23. The van der Waals surface area contributed by atoms with Gasteiger partial charge in [-0.15, -0.1) is 0 Å². The molecule has 2 atom stereocenters. The van der Waals surface area contributed by atoms with E-state index in [9.17, 15) is 19.5 Å². The Morgan fingerprint density at radius 1 is 1.19 bits per heavy atom. The predicted molar refractivity (Wildman–Crippen MR) is 76.6 cm³/mol. The van der Waals surface area contributed by atoms with E-state index in [0.717, 1.165) is 0 Å². The van der Waals surface area contributed by atoms with Gasteiger partial charge >= 0.3 is 12.0 Å². The summed E-state index contributed by atoms with van der Waals surface area (Å²) in [5, 5.41) is 16.5. The molecular weight excluding hydrogens is 274 g/mol. The van der Waals surface area contributed by atoms with Crippen molar-refractivity contribution in [1.29, 1.82) is 0 Å². The fraction of sp³-hybridized carbons (Fsp3) is 0.357. The van der Waals surface area contributed by atoms with Gasteiger partial charge in [0.1, 0.15) is 6.04 Å². The molecule has 0 aliphatic carbocycles. The molecule has 0 aromatic heterocycles. The molecule has 7 heteroatoms. The van der Waals surface area contributed by atoms with Gasteiger partial charge in [0.05, 0.1) is 6.04 Å². The highest BCUT2D eigenvalue weighted by molar-refractivity contribution is 5.97. The van der Waals surface area contributed by atoms with Crippen LogP contribution in [-0.4, -0.2) is 35.6 Å². The largest absolute Gasteiger partial charge is 0.480 e. The number of rotatable bonds is 6. The van der Waals surface area contributed by atoms with E-state index in [1.165, 1.54) is 6.92 Å². The molecule has 0 fully saturated rings. The van der Waals surface area contributed by atoms with E-state index < -0.39 is 30.0 Å². The second kappa shape index (κ2) is 8.01. The number of carbonyl (C=O) groups is 3. The molecule has 4 N–H and O–H groups in total. The Balaban J connectivity index is 2.69. The van der Waals surface area contributed by atoms with Crippen LogP contribution in [0.25, 0.3) is 0 Å². The normalized spacial score (nSPS) is 13.0. The summed E-state index contributed by atoms with van der Waals surface area (Å²) in [5.74, 6) is -1.69. The van der Waals surface area contributed by atoms with E-state index in [2.05, 4.69) is 16.0 Å². The predicted octanol–water partition coefficient (Wildman–Crippen LogP) is 0.636. The molecule has 1 aromatic carbocycles. The summed E-state index contributed by atoms with van der Waals surface area (Å²) in [6.07, 6.45) is 0. The number of hydrogen-bond donors (Lipinski definition) is 4. The summed E-state index contributed by atoms with van der Waals surface area (Å²) in [6.45, 7) is 3.61. The van der Waals surface area contributed by atoms with Crippen LogP contribution < -0.4 is 16.0 Å². The Kier molecular flexibility index (Phi) is 6.35. The first-order chi connectivity index (χ1) is 9.95. The van der Waals surface area contributed by atoms with Crippen molar-refractivity contribution in [2.75, 3.05) is 6.54 Å². The molecule has 0 spiro atoms. The standard InChI is InChI=1S/C14H19N3O4/c1-3-15-14(21)17-12(18)9(2)16-11(13(19)20)10-7-5-4-6-8-10/h4-9,11,16H,3H2,1-2H3,(H,19,20)(H2,15,17,18,21). The van der Waals surface area contributed by atoms with Gasteiger partial charge in [-0.25, -0.2) is 4.79 Å². The van der Waals surface area contributed by atoms with Crippen LogP contribution in [0.2, 0.25) is 0 Å². The van der Waals surface area contributed by atoms with Gasteiger partial charge in [-0.1, -0.05) is 30.3 Å². The maximum atomic E-state index is 11.8. The fourth-order valence-corrected chi connectivity index (χ4v) is 1.71. The lowest BCUT2D eigenvalue weighted by Gasteiger charge is -2.19. The number of carbonyl (C=O) groups excluding carboxylic acids is 2. The first-order valence-electron chi connectivity index (χ1n) is 6.58. The van der Waals surface area contributed by atoms with E-state index in [1.807, 2.05) is 0 Å². The number of urea groups is 1. The molecule has 2 unspecified atom stereocenters. The number of carboxylic acid groups (broad SMARTS) is 1. The lowest BCUT2D eigenvalue weighted by molar-refractivity contribution is -0.140. The zero-order valence-electron chi connectivity index (χ0n) is 11.9. The molecule has 1 rings (SSSR count). The molecule has 0 heterocycles. The highest BCUT2D eigenvalue weighted by Gasteiger charge is 2.25. The van der Waals surface area contributed by atoms with Crippen LogP contribution in [0, 0.1) is 0 Å². The number of nitrogens with one attached hydrogen (secondary N) is 3. The number of hydrogen-bond acceptors (Lipinski definition) is 4. The number of imide groups is 1. The lowest BCUT2D eigenvalue weighted by atomic mass is 10.1. The van der Waals surface area contributed by atoms with Gasteiger partial charge in [0.2, 0.25) is 5.91 Å². The third-order valence-corrected chi connectivity index (χ3v) is 2.76. The SMILES string of the molecule is CCNC(=O)NC(=O)C(C)NC(C(=O)O)c1ccccc1. The maximum absolute atomic E-state index is 11.8. The van der Waals surface area contributed by atoms with Gasteiger partial charge in [-0.3, -0.25) is 20.2 Å². The number of benzene rings is 1.